The van der Waals surface area contributed by atoms with Crippen LogP contribution in [0.3, 0.4) is 0 Å². The monoisotopic (exact) mass is 201 g/mol. The zero-order chi connectivity index (χ0) is 10.6. The van der Waals surface area contributed by atoms with E-state index in [4.69, 9.17) is 15.2 Å². The lowest BCUT2D eigenvalue weighted by molar-refractivity contribution is -0.157. The molecule has 0 amide bonds. The molecule has 3 heteroatoms. The summed E-state index contributed by atoms with van der Waals surface area (Å²) in [5, 5.41) is 0. The Bertz CT molecular complexity index is 163. The molecule has 1 aliphatic rings. The third-order valence-electron chi connectivity index (χ3n) is 2.75. The molecule has 4 atom stereocenters. The first-order valence-electron chi connectivity index (χ1n) is 5.71. The molecular weight excluding hydrogens is 178 g/mol. The van der Waals surface area contributed by atoms with Crippen molar-refractivity contribution in [2.24, 2.45) is 5.73 Å². The van der Waals surface area contributed by atoms with Gasteiger partial charge in [-0.25, -0.2) is 0 Å². The molecule has 0 aliphatic heterocycles. The number of hydrogen-bond donors (Lipinski definition) is 1. The maximum absolute atomic E-state index is 5.86. The molecule has 1 fully saturated rings. The molecule has 0 heterocycles. The summed E-state index contributed by atoms with van der Waals surface area (Å²) in [5.41, 5.74) is 5.84. The van der Waals surface area contributed by atoms with Gasteiger partial charge in [-0.2, -0.15) is 0 Å². The number of ether oxygens (including phenoxy) is 2. The van der Waals surface area contributed by atoms with Crippen LogP contribution in [-0.4, -0.2) is 31.0 Å². The fraction of sp³-hybridized carbons (Fsp3) is 1.00. The zero-order valence-electron chi connectivity index (χ0n) is 9.53. The lowest BCUT2D eigenvalue weighted by Gasteiger charge is -2.42. The predicted molar refractivity (Wildman–Crippen MR) is 57.2 cm³/mol. The molecule has 0 aromatic rings. The second-order valence-corrected chi connectivity index (χ2v) is 4.09. The van der Waals surface area contributed by atoms with Gasteiger partial charge in [0.2, 0.25) is 0 Å². The Morgan fingerprint density at radius 2 is 2.14 bits per heavy atom. The molecule has 0 radical (unpaired) electrons. The van der Waals surface area contributed by atoms with Crippen molar-refractivity contribution in [1.29, 1.82) is 0 Å². The number of rotatable bonds is 6. The fourth-order valence-corrected chi connectivity index (χ4v) is 1.95. The molecule has 84 valence electrons. The first-order valence-corrected chi connectivity index (χ1v) is 5.71. The van der Waals surface area contributed by atoms with Crippen LogP contribution in [0.15, 0.2) is 0 Å². The molecule has 1 aliphatic carbocycles. The van der Waals surface area contributed by atoms with E-state index in [-0.39, 0.29) is 18.2 Å². The normalized spacial score (nSPS) is 33.9. The van der Waals surface area contributed by atoms with Gasteiger partial charge in [-0.3, -0.25) is 0 Å². The van der Waals surface area contributed by atoms with Crippen molar-refractivity contribution in [2.75, 3.05) is 6.61 Å². The topological polar surface area (TPSA) is 44.5 Å². The van der Waals surface area contributed by atoms with Gasteiger partial charge in [0, 0.05) is 12.6 Å². The van der Waals surface area contributed by atoms with Gasteiger partial charge < -0.3 is 15.2 Å². The van der Waals surface area contributed by atoms with E-state index in [1.54, 1.807) is 0 Å². The van der Waals surface area contributed by atoms with E-state index in [2.05, 4.69) is 13.8 Å². The van der Waals surface area contributed by atoms with Crippen molar-refractivity contribution >= 4 is 0 Å². The molecule has 2 N–H and O–H groups in total. The summed E-state index contributed by atoms with van der Waals surface area (Å²) in [6.45, 7) is 7.01. The molecule has 0 aromatic heterocycles. The molecule has 4 unspecified atom stereocenters. The zero-order valence-corrected chi connectivity index (χ0v) is 9.53. The van der Waals surface area contributed by atoms with Crippen molar-refractivity contribution in [3.8, 4) is 0 Å². The van der Waals surface area contributed by atoms with Crippen LogP contribution >= 0.6 is 0 Å². The van der Waals surface area contributed by atoms with Crippen LogP contribution in [0.2, 0.25) is 0 Å². The first kappa shape index (κ1) is 12.0. The van der Waals surface area contributed by atoms with Crippen molar-refractivity contribution < 1.29 is 9.47 Å². The highest BCUT2D eigenvalue weighted by molar-refractivity contribution is 4.95. The van der Waals surface area contributed by atoms with Gasteiger partial charge in [0.25, 0.3) is 0 Å². The average Bonchev–Trinajstić information content (AvgIpc) is 2.14. The summed E-state index contributed by atoms with van der Waals surface area (Å²) in [5.74, 6) is 0. The molecule has 0 aromatic carbocycles. The van der Waals surface area contributed by atoms with Gasteiger partial charge in [0.05, 0.1) is 18.3 Å². The minimum Gasteiger partial charge on any atom is -0.374 e. The molecule has 0 spiro atoms. The van der Waals surface area contributed by atoms with Crippen molar-refractivity contribution in [2.45, 2.75) is 64.4 Å². The van der Waals surface area contributed by atoms with Gasteiger partial charge in [-0.1, -0.05) is 13.3 Å². The van der Waals surface area contributed by atoms with Gasteiger partial charge >= 0.3 is 0 Å². The summed E-state index contributed by atoms with van der Waals surface area (Å²) in [7, 11) is 0. The highest BCUT2D eigenvalue weighted by Gasteiger charge is 2.40. The lowest BCUT2D eigenvalue weighted by Crippen LogP contribution is -2.58. The standard InChI is InChI=1S/C11H23NO2/c1-4-6-8(3)14-10-7-9(12)11(10)13-5-2/h8-11H,4-7,12H2,1-3H3. The molecular formula is C11H23NO2. The maximum Gasteiger partial charge on any atom is 0.0988 e. The van der Waals surface area contributed by atoms with Gasteiger partial charge in [0.15, 0.2) is 0 Å². The summed E-state index contributed by atoms with van der Waals surface area (Å²) >= 11 is 0. The Labute approximate surface area is 86.9 Å². The molecule has 0 bridgehead atoms. The number of nitrogens with two attached hydrogens (primary N) is 1. The van der Waals surface area contributed by atoms with E-state index < -0.39 is 0 Å². The highest BCUT2D eigenvalue weighted by Crippen LogP contribution is 2.27. The minimum atomic E-state index is 0.124. The van der Waals surface area contributed by atoms with E-state index in [0.29, 0.717) is 6.10 Å². The Morgan fingerprint density at radius 3 is 2.64 bits per heavy atom. The highest BCUT2D eigenvalue weighted by atomic mass is 16.5. The maximum atomic E-state index is 5.86. The van der Waals surface area contributed by atoms with Crippen LogP contribution < -0.4 is 5.73 Å². The second-order valence-electron chi connectivity index (χ2n) is 4.09. The van der Waals surface area contributed by atoms with Crippen LogP contribution in [0, 0.1) is 0 Å². The van der Waals surface area contributed by atoms with Crippen LogP contribution in [0.4, 0.5) is 0 Å². The van der Waals surface area contributed by atoms with Crippen LogP contribution in [0.25, 0.3) is 0 Å². The van der Waals surface area contributed by atoms with E-state index in [1.165, 1.54) is 6.42 Å². The quantitative estimate of drug-likeness (QED) is 0.711. The van der Waals surface area contributed by atoms with E-state index in [1.807, 2.05) is 6.92 Å². The third-order valence-corrected chi connectivity index (χ3v) is 2.75. The summed E-state index contributed by atoms with van der Waals surface area (Å²) in [6.07, 6.45) is 3.91. The van der Waals surface area contributed by atoms with Gasteiger partial charge in [-0.05, 0) is 26.7 Å². The fourth-order valence-electron chi connectivity index (χ4n) is 1.95. The first-order chi connectivity index (χ1) is 6.69. The summed E-state index contributed by atoms with van der Waals surface area (Å²) < 4.78 is 11.4. The van der Waals surface area contributed by atoms with E-state index >= 15 is 0 Å². The second kappa shape index (κ2) is 5.69. The largest absolute Gasteiger partial charge is 0.374 e. The Morgan fingerprint density at radius 1 is 1.43 bits per heavy atom. The molecule has 14 heavy (non-hydrogen) atoms. The van der Waals surface area contributed by atoms with Crippen molar-refractivity contribution in [1.82, 2.24) is 0 Å². The SMILES string of the molecule is CCCC(C)OC1CC(N)C1OCC. The number of hydrogen-bond acceptors (Lipinski definition) is 3. The molecule has 1 saturated carbocycles. The average molecular weight is 201 g/mol. The van der Waals surface area contributed by atoms with E-state index in [9.17, 15) is 0 Å². The third kappa shape index (κ3) is 2.94. The summed E-state index contributed by atoms with van der Waals surface area (Å²) in [4.78, 5) is 0. The molecule has 0 saturated heterocycles. The minimum absolute atomic E-state index is 0.124. The Hall–Kier alpha value is -0.120. The van der Waals surface area contributed by atoms with Crippen molar-refractivity contribution in [3.63, 3.8) is 0 Å². The van der Waals surface area contributed by atoms with Crippen LogP contribution in [-0.2, 0) is 9.47 Å². The Kier molecular flexibility index (Phi) is 4.85. The summed E-state index contributed by atoms with van der Waals surface area (Å²) in [6, 6.07) is 0.175. The van der Waals surface area contributed by atoms with E-state index in [0.717, 1.165) is 19.4 Å². The van der Waals surface area contributed by atoms with Gasteiger partial charge in [0.1, 0.15) is 0 Å². The van der Waals surface area contributed by atoms with Crippen molar-refractivity contribution in [3.05, 3.63) is 0 Å². The van der Waals surface area contributed by atoms with Crippen LogP contribution in [0.5, 0.6) is 0 Å². The molecule has 1 rings (SSSR count). The molecule has 3 nitrogen and oxygen atoms in total. The predicted octanol–water partition coefficient (Wildman–Crippen LogP) is 1.70. The Balaban J connectivity index is 2.24. The van der Waals surface area contributed by atoms with Crippen LogP contribution in [0.1, 0.15) is 40.0 Å². The van der Waals surface area contributed by atoms with Gasteiger partial charge in [-0.15, -0.1) is 0 Å². The lowest BCUT2D eigenvalue weighted by atomic mass is 9.86. The smallest absolute Gasteiger partial charge is 0.0988 e.